The van der Waals surface area contributed by atoms with Gasteiger partial charge in [0.1, 0.15) is 3.78 Å². The standard InChI is InChI=1S/C15H20BrNO2S/c1-3-11(14(18)19)7-6-10-17-12-8-4-5-9-13(12)20-15(17,2)16/h4-5,8-9,11H,3,6-7,10H2,1-2H3,(H,18,19). The van der Waals surface area contributed by atoms with Crippen LogP contribution >= 0.6 is 27.7 Å². The second-order valence-electron chi connectivity index (χ2n) is 5.18. The van der Waals surface area contributed by atoms with Crippen molar-refractivity contribution in [2.24, 2.45) is 5.92 Å². The lowest BCUT2D eigenvalue weighted by Crippen LogP contribution is -2.36. The lowest BCUT2D eigenvalue weighted by molar-refractivity contribution is -0.142. The number of carboxylic acid groups (broad SMARTS) is 1. The number of halogens is 1. The van der Waals surface area contributed by atoms with Crippen LogP contribution in [0, 0.1) is 5.92 Å². The first-order valence-corrected chi connectivity index (χ1v) is 8.54. The first-order valence-electron chi connectivity index (χ1n) is 6.93. The molecule has 2 unspecified atom stereocenters. The normalized spacial score (nSPS) is 22.6. The summed E-state index contributed by atoms with van der Waals surface area (Å²) in [5, 5.41) is 9.10. The van der Waals surface area contributed by atoms with E-state index in [0.29, 0.717) is 6.42 Å². The highest BCUT2D eigenvalue weighted by Gasteiger charge is 2.38. The van der Waals surface area contributed by atoms with Crippen LogP contribution in [0.2, 0.25) is 0 Å². The van der Waals surface area contributed by atoms with Gasteiger partial charge in [-0.3, -0.25) is 4.79 Å². The molecule has 2 rings (SSSR count). The van der Waals surface area contributed by atoms with E-state index in [1.54, 1.807) is 11.8 Å². The first-order chi connectivity index (χ1) is 9.45. The number of hydrogen-bond acceptors (Lipinski definition) is 3. The molecule has 1 aromatic carbocycles. The summed E-state index contributed by atoms with van der Waals surface area (Å²) in [5.74, 6) is -0.896. The van der Waals surface area contributed by atoms with Crippen LogP contribution in [0.15, 0.2) is 29.2 Å². The molecule has 0 saturated heterocycles. The smallest absolute Gasteiger partial charge is 0.306 e. The lowest BCUT2D eigenvalue weighted by atomic mass is 10.0. The summed E-state index contributed by atoms with van der Waals surface area (Å²) < 4.78 is -0.137. The van der Waals surface area contributed by atoms with Gasteiger partial charge in [-0.1, -0.05) is 30.8 Å². The topological polar surface area (TPSA) is 40.5 Å². The third-order valence-corrected chi connectivity index (χ3v) is 5.78. The van der Waals surface area contributed by atoms with Crippen molar-refractivity contribution < 1.29 is 9.90 Å². The van der Waals surface area contributed by atoms with Gasteiger partial charge in [-0.25, -0.2) is 0 Å². The third kappa shape index (κ3) is 3.31. The van der Waals surface area contributed by atoms with E-state index in [1.807, 2.05) is 13.0 Å². The summed E-state index contributed by atoms with van der Waals surface area (Å²) in [5.41, 5.74) is 1.24. The minimum Gasteiger partial charge on any atom is -0.481 e. The SMILES string of the molecule is CCC(CCCN1c2ccccc2SC1(C)Br)C(=O)O. The van der Waals surface area contributed by atoms with E-state index < -0.39 is 5.97 Å². The summed E-state index contributed by atoms with van der Waals surface area (Å²) in [6, 6.07) is 8.36. The molecule has 0 radical (unpaired) electrons. The van der Waals surface area contributed by atoms with E-state index in [2.05, 4.69) is 46.0 Å². The molecule has 2 atom stereocenters. The van der Waals surface area contributed by atoms with Gasteiger partial charge in [0.25, 0.3) is 0 Å². The van der Waals surface area contributed by atoms with Gasteiger partial charge in [0, 0.05) is 11.4 Å². The maximum Gasteiger partial charge on any atom is 0.306 e. The van der Waals surface area contributed by atoms with Gasteiger partial charge in [-0.2, -0.15) is 0 Å². The average Bonchev–Trinajstić information content (AvgIpc) is 2.64. The first kappa shape index (κ1) is 15.7. The van der Waals surface area contributed by atoms with E-state index in [0.717, 1.165) is 19.4 Å². The van der Waals surface area contributed by atoms with E-state index >= 15 is 0 Å². The zero-order chi connectivity index (χ0) is 14.8. The molecule has 0 spiro atoms. The fourth-order valence-corrected chi connectivity index (χ4v) is 4.58. The number of nitrogens with zero attached hydrogens (tertiary/aromatic N) is 1. The van der Waals surface area contributed by atoms with Crippen LogP contribution in [0.25, 0.3) is 0 Å². The van der Waals surface area contributed by atoms with Crippen LogP contribution in [-0.2, 0) is 4.79 Å². The summed E-state index contributed by atoms with van der Waals surface area (Å²) in [6.07, 6.45) is 2.32. The Kier molecular flexibility index (Phi) is 5.02. The molecule has 0 amide bonds. The molecule has 0 aromatic heterocycles. The predicted molar refractivity (Wildman–Crippen MR) is 87.6 cm³/mol. The Labute approximate surface area is 132 Å². The molecule has 3 nitrogen and oxygen atoms in total. The molecule has 0 fully saturated rings. The second kappa shape index (κ2) is 6.39. The van der Waals surface area contributed by atoms with Crippen LogP contribution in [0.3, 0.4) is 0 Å². The van der Waals surface area contributed by atoms with Crippen LogP contribution in [-0.4, -0.2) is 21.4 Å². The number of carbonyl (C=O) groups is 1. The molecule has 0 saturated carbocycles. The fourth-order valence-electron chi connectivity index (χ4n) is 2.56. The van der Waals surface area contributed by atoms with Gasteiger partial charge >= 0.3 is 5.97 Å². The number of anilines is 1. The minimum atomic E-state index is -0.676. The third-order valence-electron chi connectivity index (χ3n) is 3.71. The maximum absolute atomic E-state index is 11.1. The van der Waals surface area contributed by atoms with Crippen molar-refractivity contribution >= 4 is 39.3 Å². The highest BCUT2D eigenvalue weighted by molar-refractivity contribution is 9.12. The molecule has 20 heavy (non-hydrogen) atoms. The van der Waals surface area contributed by atoms with Crippen molar-refractivity contribution in [1.82, 2.24) is 0 Å². The Morgan fingerprint density at radius 3 is 2.85 bits per heavy atom. The molecular weight excluding hydrogens is 338 g/mol. The number of thioether (sulfide) groups is 1. The largest absolute Gasteiger partial charge is 0.481 e. The molecule has 1 N–H and O–H groups in total. The van der Waals surface area contributed by atoms with Crippen LogP contribution in [0.5, 0.6) is 0 Å². The van der Waals surface area contributed by atoms with Gasteiger partial charge in [0.15, 0.2) is 0 Å². The van der Waals surface area contributed by atoms with Crippen LogP contribution in [0.4, 0.5) is 5.69 Å². The lowest BCUT2D eigenvalue weighted by Gasteiger charge is -2.31. The quantitative estimate of drug-likeness (QED) is 0.598. The van der Waals surface area contributed by atoms with E-state index in [1.165, 1.54) is 10.6 Å². The average molecular weight is 358 g/mol. The second-order valence-corrected chi connectivity index (χ2v) is 8.68. The van der Waals surface area contributed by atoms with Crippen LogP contribution < -0.4 is 4.90 Å². The molecule has 0 aliphatic carbocycles. The number of hydrogen-bond donors (Lipinski definition) is 1. The number of para-hydroxylation sites is 1. The van der Waals surface area contributed by atoms with Gasteiger partial charge < -0.3 is 10.0 Å². The van der Waals surface area contributed by atoms with Crippen molar-refractivity contribution in [3.05, 3.63) is 24.3 Å². The minimum absolute atomic E-state index is 0.137. The van der Waals surface area contributed by atoms with Crippen molar-refractivity contribution in [2.45, 2.75) is 41.8 Å². The highest BCUT2D eigenvalue weighted by atomic mass is 79.9. The van der Waals surface area contributed by atoms with E-state index in [9.17, 15) is 4.79 Å². The molecule has 110 valence electrons. The van der Waals surface area contributed by atoms with Crippen molar-refractivity contribution in [1.29, 1.82) is 0 Å². The Hall–Kier alpha value is -0.680. The fraction of sp³-hybridized carbons (Fsp3) is 0.533. The number of carboxylic acids is 1. The molecular formula is C15H20BrNO2S. The number of fused-ring (bicyclic) bond motifs is 1. The summed E-state index contributed by atoms with van der Waals surface area (Å²) in [4.78, 5) is 14.7. The Morgan fingerprint density at radius 1 is 1.50 bits per heavy atom. The van der Waals surface area contributed by atoms with Gasteiger partial charge in [-0.15, -0.1) is 0 Å². The number of alkyl halides is 1. The van der Waals surface area contributed by atoms with Crippen LogP contribution in [0.1, 0.15) is 33.1 Å². The van der Waals surface area contributed by atoms with Crippen molar-refractivity contribution in [3.63, 3.8) is 0 Å². The highest BCUT2D eigenvalue weighted by Crippen LogP contribution is 2.53. The Balaban J connectivity index is 2.00. The molecule has 1 aromatic rings. The van der Waals surface area contributed by atoms with Gasteiger partial charge in [0.05, 0.1) is 11.6 Å². The molecule has 0 bridgehead atoms. The van der Waals surface area contributed by atoms with E-state index in [-0.39, 0.29) is 9.70 Å². The number of benzene rings is 1. The number of rotatable bonds is 6. The van der Waals surface area contributed by atoms with Crippen molar-refractivity contribution in [2.75, 3.05) is 11.4 Å². The summed E-state index contributed by atoms with van der Waals surface area (Å²) in [6.45, 7) is 4.95. The monoisotopic (exact) mass is 357 g/mol. The summed E-state index contributed by atoms with van der Waals surface area (Å²) >= 11 is 5.57. The molecule has 5 heteroatoms. The summed E-state index contributed by atoms with van der Waals surface area (Å²) in [7, 11) is 0. The Bertz CT molecular complexity index is 493. The molecule has 1 heterocycles. The zero-order valence-corrected chi connectivity index (χ0v) is 14.2. The van der Waals surface area contributed by atoms with Gasteiger partial charge in [-0.05, 0) is 54.2 Å². The molecule has 1 aliphatic rings. The van der Waals surface area contributed by atoms with Gasteiger partial charge in [0.2, 0.25) is 0 Å². The molecule has 1 aliphatic heterocycles. The predicted octanol–water partition coefficient (Wildman–Crippen LogP) is 4.56. The van der Waals surface area contributed by atoms with E-state index in [4.69, 9.17) is 5.11 Å². The number of aliphatic carboxylic acids is 1. The van der Waals surface area contributed by atoms with Crippen molar-refractivity contribution in [3.8, 4) is 0 Å². The maximum atomic E-state index is 11.1. The zero-order valence-electron chi connectivity index (χ0n) is 11.8. The Morgan fingerprint density at radius 2 is 2.20 bits per heavy atom.